The van der Waals surface area contributed by atoms with E-state index in [9.17, 15) is 0 Å². The van der Waals surface area contributed by atoms with E-state index in [0.29, 0.717) is 23.4 Å². The standard InChI is InChI=1S/C6H12N2.C5H10N2O.4C5H8N2.2C5H7NO.2C5H7NS.2C4H7N3.2C4H6N2O.2C4H6N2S/c1-6-4-3-5-8(2)7-6;1-5-6-7(2)3-4-8-5;2*1-5-3-6-7(2)4-5;2*1-5-3-4-7(2)6-5;4*1-4-3-7-5(2)6-4;2*1-4-5-3-7(2)6-4;4*1-3-5-4(2)7-6-3/h3-5H2,1-2H3;3-4H2,1-2H3;4*3-4H,1-2H3;6*3H,1-2H3;4*1-2H3. The van der Waals surface area contributed by atoms with Crippen molar-refractivity contribution in [2.75, 3.05) is 33.8 Å². The number of hydrazone groups is 2. The second-order valence-corrected chi connectivity index (χ2v) is 29.3. The Hall–Kier alpha value is -11.1. The second kappa shape index (κ2) is 57.0. The lowest BCUT2D eigenvalue weighted by molar-refractivity contribution is 0.189. The van der Waals surface area contributed by atoms with Gasteiger partial charge in [-0.3, -0.25) is 33.1 Å². The van der Waals surface area contributed by atoms with E-state index in [1.165, 1.54) is 52.7 Å². The molecule has 0 spiro atoms. The number of hydrogen-bond acceptors (Lipinski definition) is 33. The van der Waals surface area contributed by atoms with Crippen molar-refractivity contribution in [2.24, 2.45) is 52.5 Å². The zero-order valence-corrected chi connectivity index (χ0v) is 76.0. The largest absolute Gasteiger partial charge is 0.478 e. The van der Waals surface area contributed by atoms with E-state index in [1.807, 2.05) is 247 Å². The van der Waals surface area contributed by atoms with Crippen LogP contribution in [0, 0.1) is 152 Å². The molecule has 0 aliphatic carbocycles. The second-order valence-electron chi connectivity index (χ2n) is 25.2. The van der Waals surface area contributed by atoms with Gasteiger partial charge in [-0.25, -0.2) is 39.9 Å². The summed E-state index contributed by atoms with van der Waals surface area (Å²) in [6.07, 6.45) is 20.5. The van der Waals surface area contributed by atoms with Crippen molar-refractivity contribution in [1.29, 1.82) is 0 Å². The van der Waals surface area contributed by atoms with Gasteiger partial charge in [-0.1, -0.05) is 10.3 Å². The summed E-state index contributed by atoms with van der Waals surface area (Å²) < 4.78 is 42.4. The van der Waals surface area contributed by atoms with E-state index in [0.717, 1.165) is 115 Å². The number of rotatable bonds is 0. The van der Waals surface area contributed by atoms with Crippen molar-refractivity contribution in [2.45, 2.75) is 179 Å². The maximum atomic E-state index is 5.06. The SMILES string of the molecule is CC1=NN(C)CCC1.CC1=NN(C)CCO1.Cc1ccn(C)n1.Cc1ccn(C)n1.Cc1cnn(C)c1.Cc1cnn(C)c1.Cc1coc(C)n1.Cc1coc(C)n1.Cc1csc(C)n1.Cc1csc(C)n1.Cc1ncn(C)n1.Cc1ncn(C)n1.Cc1noc(C)n1.Cc1noc(C)n1.Cc1nsc(C)n1.Cc1nsc(C)n1. The minimum absolute atomic E-state index is 0.623. The molecule has 0 bridgehead atoms. The predicted molar refractivity (Wildman–Crippen MR) is 451 cm³/mol. The molecule has 0 unspecified atom stereocenters. The molecular formula is C75H120N30O5S4. The number of likely N-dealkylation sites (N-methyl/N-ethyl adjacent to an activating group) is 1. The van der Waals surface area contributed by atoms with Gasteiger partial charge in [0.1, 0.15) is 65.1 Å². The minimum Gasteiger partial charge on any atom is -0.478 e. The molecule has 2 aliphatic heterocycles. The third kappa shape index (κ3) is 55.4. The Morgan fingerprint density at radius 1 is 0.368 bits per heavy atom. The first kappa shape index (κ1) is 101. The zero-order chi connectivity index (χ0) is 85.8. The molecule has 16 heterocycles. The van der Waals surface area contributed by atoms with Gasteiger partial charge in [-0.05, 0) is 191 Å². The Morgan fingerprint density at radius 3 is 0.886 bits per heavy atom. The van der Waals surface area contributed by atoms with Crippen molar-refractivity contribution in [3.63, 3.8) is 0 Å². The van der Waals surface area contributed by atoms with Crippen molar-refractivity contribution >= 4 is 57.3 Å². The molecule has 0 aromatic carbocycles. The number of oxazole rings is 2. The third-order valence-electron chi connectivity index (χ3n) is 12.6. The molecule has 0 amide bonds. The Labute approximate surface area is 687 Å². The van der Waals surface area contributed by atoms with Crippen LogP contribution < -0.4 is 0 Å². The molecular weight excluding hydrogens is 1530 g/mol. The van der Waals surface area contributed by atoms with Crippen LogP contribution in [0.3, 0.4) is 0 Å². The highest BCUT2D eigenvalue weighted by atomic mass is 32.1. The molecule has 0 saturated heterocycles. The topological polar surface area (TPSA) is 380 Å². The van der Waals surface area contributed by atoms with Crippen molar-refractivity contribution in [3.05, 3.63) is 209 Å². The van der Waals surface area contributed by atoms with Crippen LogP contribution in [-0.2, 0) is 47.0 Å². The van der Waals surface area contributed by atoms with E-state index < -0.39 is 0 Å². The molecule has 0 N–H and O–H groups in total. The molecule has 39 heteroatoms. The molecule has 14 aromatic heterocycles. The molecule has 0 saturated carbocycles. The van der Waals surface area contributed by atoms with Crippen LogP contribution in [0.2, 0.25) is 0 Å². The maximum Gasteiger partial charge on any atom is 0.223 e. The first-order chi connectivity index (χ1) is 53.6. The molecule has 14 aromatic rings. The Balaban J connectivity index is 0.000000608. The van der Waals surface area contributed by atoms with Gasteiger partial charge in [0.05, 0.1) is 51.7 Å². The summed E-state index contributed by atoms with van der Waals surface area (Å²) in [6.45, 7) is 48.7. The number of thiazole rings is 2. The van der Waals surface area contributed by atoms with Crippen LogP contribution in [0.4, 0.5) is 0 Å². The van der Waals surface area contributed by atoms with Gasteiger partial charge in [0.25, 0.3) is 0 Å². The molecule has 624 valence electrons. The summed E-state index contributed by atoms with van der Waals surface area (Å²) in [5.41, 5.74) is 9.97. The van der Waals surface area contributed by atoms with E-state index in [1.54, 1.807) is 104 Å². The molecule has 0 fully saturated rings. The Kier molecular flexibility index (Phi) is 50.5. The molecule has 0 radical (unpaired) electrons. The number of hydrogen-bond donors (Lipinski definition) is 0. The highest BCUT2D eigenvalue weighted by molar-refractivity contribution is 7.09. The van der Waals surface area contributed by atoms with Crippen LogP contribution in [0.15, 0.2) is 113 Å². The van der Waals surface area contributed by atoms with Gasteiger partial charge in [0.15, 0.2) is 23.4 Å². The zero-order valence-electron chi connectivity index (χ0n) is 72.7. The van der Waals surface area contributed by atoms with Crippen LogP contribution in [0.25, 0.3) is 0 Å². The number of nitrogens with zero attached hydrogens (tertiary/aromatic N) is 30. The number of ether oxygens (including phenoxy) is 1. The highest BCUT2D eigenvalue weighted by Crippen LogP contribution is 2.07. The van der Waals surface area contributed by atoms with Crippen LogP contribution >= 0.6 is 45.7 Å². The van der Waals surface area contributed by atoms with E-state index >= 15 is 0 Å². The summed E-state index contributed by atoms with van der Waals surface area (Å²) in [4.78, 5) is 39.6. The lowest BCUT2D eigenvalue weighted by Gasteiger charge is -2.19. The molecule has 0 atom stereocenters. The smallest absolute Gasteiger partial charge is 0.223 e. The molecule has 16 rings (SSSR count). The van der Waals surface area contributed by atoms with Crippen LogP contribution in [-0.4, -0.2) is 183 Å². The molecule has 35 nitrogen and oxygen atoms in total. The van der Waals surface area contributed by atoms with Gasteiger partial charge in [0, 0.05) is 150 Å². The quantitative estimate of drug-likeness (QED) is 0.136. The predicted octanol–water partition coefficient (Wildman–Crippen LogP) is 14.3. The maximum absolute atomic E-state index is 5.06. The van der Waals surface area contributed by atoms with Gasteiger partial charge >= 0.3 is 0 Å². The van der Waals surface area contributed by atoms with Crippen LogP contribution in [0.5, 0.6) is 0 Å². The average molecular weight is 1650 g/mol. The monoisotopic (exact) mass is 1650 g/mol. The van der Waals surface area contributed by atoms with Gasteiger partial charge < -0.3 is 27.6 Å². The summed E-state index contributed by atoms with van der Waals surface area (Å²) >= 11 is 6.27. The summed E-state index contributed by atoms with van der Waals surface area (Å²) in [5.74, 6) is 8.26. The normalized spacial score (nSPS) is 10.9. The highest BCUT2D eigenvalue weighted by Gasteiger charge is 2.04. The first-order valence-corrected chi connectivity index (χ1v) is 39.2. The van der Waals surface area contributed by atoms with E-state index in [-0.39, 0.29) is 0 Å². The van der Waals surface area contributed by atoms with Crippen molar-refractivity contribution in [3.8, 4) is 0 Å². The summed E-state index contributed by atoms with van der Waals surface area (Å²) in [7, 11) is 15.3. The lowest BCUT2D eigenvalue weighted by atomic mass is 10.2. The minimum atomic E-state index is 0.623. The average Bonchev–Trinajstić information content (AvgIpc) is 1.92. The fourth-order valence-corrected chi connectivity index (χ4v) is 10.3. The van der Waals surface area contributed by atoms with E-state index in [2.05, 4.69) is 136 Å². The fraction of sp³-hybridized carbons (Fsp3) is 0.493. The first-order valence-electron chi connectivity index (χ1n) is 35.9. The summed E-state index contributed by atoms with van der Waals surface area (Å²) in [6, 6.07) is 3.94. The third-order valence-corrected chi connectivity index (χ3v) is 15.8. The van der Waals surface area contributed by atoms with Gasteiger partial charge in [-0.2, -0.15) is 54.4 Å². The van der Waals surface area contributed by atoms with Gasteiger partial charge in [-0.15, -0.1) is 27.8 Å². The van der Waals surface area contributed by atoms with Crippen molar-refractivity contribution < 1.29 is 22.6 Å². The summed E-state index contributed by atoms with van der Waals surface area (Å²) in [5, 5.41) is 51.4. The van der Waals surface area contributed by atoms with E-state index in [4.69, 9.17) is 13.6 Å². The molecule has 2 aliphatic rings. The lowest BCUT2D eigenvalue weighted by Crippen LogP contribution is -2.25. The number of aryl methyl sites for hydroxylation is 28. The fourth-order valence-electron chi connectivity index (χ4n) is 8.13. The number of aromatic nitrogens is 26. The van der Waals surface area contributed by atoms with Crippen molar-refractivity contribution in [1.82, 2.24) is 138 Å². The molecule has 114 heavy (non-hydrogen) atoms. The Morgan fingerprint density at radius 2 is 0.772 bits per heavy atom. The van der Waals surface area contributed by atoms with Gasteiger partial charge in [0.2, 0.25) is 17.7 Å². The van der Waals surface area contributed by atoms with Crippen LogP contribution in [0.1, 0.15) is 151 Å². The Bertz CT molecular complexity index is 3510.